The second kappa shape index (κ2) is 2.68. The number of H-pyrrole nitrogens is 1. The minimum atomic E-state index is -0.00188. The van der Waals surface area contributed by atoms with E-state index in [-0.39, 0.29) is 5.43 Å². The number of alkyl halides is 1. The van der Waals surface area contributed by atoms with E-state index in [4.69, 9.17) is 11.6 Å². The van der Waals surface area contributed by atoms with Gasteiger partial charge in [-0.25, -0.2) is 0 Å². The molecule has 0 saturated carbocycles. The molecule has 0 atom stereocenters. The van der Waals surface area contributed by atoms with Gasteiger partial charge in [0.1, 0.15) is 5.65 Å². The van der Waals surface area contributed by atoms with E-state index < -0.39 is 0 Å². The van der Waals surface area contributed by atoms with Crippen molar-refractivity contribution in [2.45, 2.75) is 5.88 Å². The molecule has 2 aromatic rings. The Labute approximate surface area is 73.6 Å². The summed E-state index contributed by atoms with van der Waals surface area (Å²) in [6, 6.07) is 3.05. The van der Waals surface area contributed by atoms with Crippen LogP contribution in [0.5, 0.6) is 0 Å². The number of halogens is 1. The molecule has 0 aromatic carbocycles. The Hall–Kier alpha value is -1.22. The van der Waals surface area contributed by atoms with Crippen molar-refractivity contribution in [3.63, 3.8) is 0 Å². The molecule has 0 aliphatic carbocycles. The van der Waals surface area contributed by atoms with E-state index in [9.17, 15) is 4.79 Å². The number of nitrogens with one attached hydrogen (secondary N) is 1. The van der Waals surface area contributed by atoms with Crippen LogP contribution in [0, 0.1) is 0 Å². The normalized spacial score (nSPS) is 10.8. The maximum absolute atomic E-state index is 10.9. The summed E-state index contributed by atoms with van der Waals surface area (Å²) in [4.78, 5) is 13.9. The van der Waals surface area contributed by atoms with Crippen molar-refractivity contribution in [1.29, 1.82) is 0 Å². The third-order valence-corrected chi connectivity index (χ3v) is 1.97. The van der Waals surface area contributed by atoms with Crippen LogP contribution in [-0.4, -0.2) is 9.38 Å². The molecule has 0 amide bonds. The third-order valence-electron chi connectivity index (χ3n) is 1.68. The number of aromatic amines is 1. The summed E-state index contributed by atoms with van der Waals surface area (Å²) in [5, 5.41) is 0. The first kappa shape index (κ1) is 7.43. The maximum Gasteiger partial charge on any atom is 0.183 e. The van der Waals surface area contributed by atoms with Crippen molar-refractivity contribution in [2.24, 2.45) is 0 Å². The largest absolute Gasteiger partial charge is 0.342 e. The zero-order chi connectivity index (χ0) is 8.55. The molecule has 2 aromatic heterocycles. The Bertz CT molecular complexity index is 457. The van der Waals surface area contributed by atoms with Crippen LogP contribution >= 0.6 is 11.6 Å². The van der Waals surface area contributed by atoms with Crippen LogP contribution in [0.4, 0.5) is 0 Å². The SMILES string of the molecule is O=c1ccn2cc(CCl)[nH]c2c1. The molecule has 0 radical (unpaired) electrons. The van der Waals surface area contributed by atoms with Gasteiger partial charge in [0.15, 0.2) is 5.43 Å². The van der Waals surface area contributed by atoms with Crippen molar-refractivity contribution >= 4 is 17.2 Å². The molecule has 0 unspecified atom stereocenters. The average Bonchev–Trinajstić information content (AvgIpc) is 2.46. The van der Waals surface area contributed by atoms with Crippen molar-refractivity contribution in [3.8, 4) is 0 Å². The van der Waals surface area contributed by atoms with Gasteiger partial charge < -0.3 is 9.38 Å². The van der Waals surface area contributed by atoms with Gasteiger partial charge in [0, 0.05) is 30.2 Å². The summed E-state index contributed by atoms with van der Waals surface area (Å²) in [6.45, 7) is 0. The van der Waals surface area contributed by atoms with Gasteiger partial charge in [-0.15, -0.1) is 11.6 Å². The molecule has 0 bridgehead atoms. The Balaban J connectivity index is 2.75. The van der Waals surface area contributed by atoms with E-state index in [2.05, 4.69) is 4.98 Å². The Morgan fingerprint density at radius 2 is 2.42 bits per heavy atom. The number of hydrogen-bond acceptors (Lipinski definition) is 1. The van der Waals surface area contributed by atoms with Gasteiger partial charge in [0.2, 0.25) is 0 Å². The quantitative estimate of drug-likeness (QED) is 0.665. The van der Waals surface area contributed by atoms with Crippen LogP contribution in [0.1, 0.15) is 5.69 Å². The summed E-state index contributed by atoms with van der Waals surface area (Å²) >= 11 is 5.62. The first-order chi connectivity index (χ1) is 5.79. The predicted octanol–water partition coefficient (Wildman–Crippen LogP) is 1.37. The lowest BCUT2D eigenvalue weighted by atomic mass is 10.5. The summed E-state index contributed by atoms with van der Waals surface area (Å²) < 4.78 is 1.83. The fourth-order valence-electron chi connectivity index (χ4n) is 1.14. The number of aromatic nitrogens is 2. The van der Waals surface area contributed by atoms with Gasteiger partial charge in [-0.2, -0.15) is 0 Å². The van der Waals surface area contributed by atoms with E-state index in [0.29, 0.717) is 5.88 Å². The molecule has 0 aliphatic heterocycles. The lowest BCUT2D eigenvalue weighted by Gasteiger charge is -1.87. The van der Waals surface area contributed by atoms with Gasteiger partial charge in [0.05, 0.1) is 5.88 Å². The first-order valence-corrected chi connectivity index (χ1v) is 4.09. The zero-order valence-corrected chi connectivity index (χ0v) is 7.01. The van der Waals surface area contributed by atoms with Gasteiger partial charge in [0.25, 0.3) is 0 Å². The molecule has 12 heavy (non-hydrogen) atoms. The first-order valence-electron chi connectivity index (χ1n) is 3.55. The molecule has 3 nitrogen and oxygen atoms in total. The monoisotopic (exact) mass is 182 g/mol. The number of hydrogen-bond donors (Lipinski definition) is 1. The smallest absolute Gasteiger partial charge is 0.183 e. The van der Waals surface area contributed by atoms with Crippen LogP contribution in [0.15, 0.2) is 29.3 Å². The van der Waals surface area contributed by atoms with Crippen LogP contribution in [0.2, 0.25) is 0 Å². The average molecular weight is 183 g/mol. The van der Waals surface area contributed by atoms with Crippen molar-refractivity contribution in [3.05, 3.63) is 40.4 Å². The van der Waals surface area contributed by atoms with Gasteiger partial charge >= 0.3 is 0 Å². The van der Waals surface area contributed by atoms with Gasteiger partial charge in [-0.1, -0.05) is 0 Å². The van der Waals surface area contributed by atoms with E-state index >= 15 is 0 Å². The van der Waals surface area contributed by atoms with Crippen molar-refractivity contribution in [1.82, 2.24) is 9.38 Å². The number of pyridine rings is 1. The lowest BCUT2D eigenvalue weighted by Crippen LogP contribution is -1.97. The molecule has 4 heteroatoms. The second-order valence-corrected chi connectivity index (χ2v) is 2.84. The highest BCUT2D eigenvalue weighted by Gasteiger charge is 1.97. The summed E-state index contributed by atoms with van der Waals surface area (Å²) in [6.07, 6.45) is 3.58. The Kier molecular flexibility index (Phi) is 1.66. The van der Waals surface area contributed by atoms with Crippen molar-refractivity contribution in [2.75, 3.05) is 0 Å². The summed E-state index contributed by atoms with van der Waals surface area (Å²) in [5.41, 5.74) is 1.68. The molecule has 2 heterocycles. The minimum Gasteiger partial charge on any atom is -0.342 e. The molecule has 62 valence electrons. The topological polar surface area (TPSA) is 37.3 Å². The van der Waals surface area contributed by atoms with E-state index in [0.717, 1.165) is 11.3 Å². The molecular weight excluding hydrogens is 176 g/mol. The standard InChI is InChI=1S/C8H7ClN2O/c9-4-6-5-11-2-1-7(12)3-8(11)10-6/h1-3,5,10H,4H2. The molecule has 0 fully saturated rings. The Morgan fingerprint density at radius 1 is 1.58 bits per heavy atom. The van der Waals surface area contributed by atoms with Crippen molar-refractivity contribution < 1.29 is 0 Å². The molecule has 0 saturated heterocycles. The van der Waals surface area contributed by atoms with Crippen LogP contribution in [-0.2, 0) is 5.88 Å². The number of fused-ring (bicyclic) bond motifs is 1. The molecule has 1 N–H and O–H groups in total. The van der Waals surface area contributed by atoms with Gasteiger partial charge in [-0.3, -0.25) is 4.79 Å². The van der Waals surface area contributed by atoms with Gasteiger partial charge in [-0.05, 0) is 0 Å². The predicted molar refractivity (Wildman–Crippen MR) is 47.6 cm³/mol. The molecule has 2 rings (SSSR count). The lowest BCUT2D eigenvalue weighted by molar-refractivity contribution is 1.17. The molecular formula is C8H7ClN2O. The minimum absolute atomic E-state index is 0.00188. The fraction of sp³-hybridized carbons (Fsp3) is 0.125. The molecule has 0 aliphatic rings. The fourth-order valence-corrected chi connectivity index (χ4v) is 1.27. The highest BCUT2D eigenvalue weighted by atomic mass is 35.5. The summed E-state index contributed by atoms with van der Waals surface area (Å²) in [5.74, 6) is 0.426. The zero-order valence-electron chi connectivity index (χ0n) is 6.25. The number of imidazole rings is 1. The molecule has 0 spiro atoms. The highest BCUT2D eigenvalue weighted by Crippen LogP contribution is 2.04. The Morgan fingerprint density at radius 3 is 3.17 bits per heavy atom. The van der Waals surface area contributed by atoms with Crippen LogP contribution in [0.25, 0.3) is 5.65 Å². The maximum atomic E-state index is 10.9. The highest BCUT2D eigenvalue weighted by molar-refractivity contribution is 6.16. The summed E-state index contributed by atoms with van der Waals surface area (Å²) in [7, 11) is 0. The second-order valence-electron chi connectivity index (χ2n) is 2.57. The van der Waals surface area contributed by atoms with E-state index in [1.807, 2.05) is 10.6 Å². The van der Waals surface area contributed by atoms with E-state index in [1.54, 1.807) is 6.20 Å². The third kappa shape index (κ3) is 1.12. The number of rotatable bonds is 1. The van der Waals surface area contributed by atoms with Crippen LogP contribution < -0.4 is 5.43 Å². The van der Waals surface area contributed by atoms with E-state index in [1.165, 1.54) is 12.1 Å². The number of nitrogens with zero attached hydrogens (tertiary/aromatic N) is 1. The van der Waals surface area contributed by atoms with Crippen LogP contribution in [0.3, 0.4) is 0 Å².